The maximum atomic E-state index is 12.2. The second-order valence-corrected chi connectivity index (χ2v) is 5.34. The summed E-state index contributed by atoms with van der Waals surface area (Å²) in [6.45, 7) is 0.316. The Hall–Kier alpha value is -1.99. The van der Waals surface area contributed by atoms with E-state index >= 15 is 0 Å². The number of carbonyl (C=O) groups is 1. The van der Waals surface area contributed by atoms with Crippen LogP contribution in [0.1, 0.15) is 19.3 Å². The Morgan fingerprint density at radius 2 is 2.00 bits per heavy atom. The third-order valence-electron chi connectivity index (χ3n) is 2.98. The van der Waals surface area contributed by atoms with Crippen molar-refractivity contribution in [3.8, 4) is 0 Å². The summed E-state index contributed by atoms with van der Waals surface area (Å²) in [5.74, 6) is 4.72. The molecule has 1 aromatic carbocycles. The van der Waals surface area contributed by atoms with Gasteiger partial charge in [-0.3, -0.25) is 24.4 Å². The number of nitrogens with one attached hydrogen (secondary N) is 1. The molecule has 0 fully saturated rings. The van der Waals surface area contributed by atoms with Crippen LogP contribution in [0.25, 0.3) is 10.1 Å². The van der Waals surface area contributed by atoms with Gasteiger partial charge in [0.15, 0.2) is 0 Å². The number of hydrazine groups is 1. The average molecular weight is 293 g/mol. The number of nitrogens with zero attached hydrogens (tertiary/aromatic N) is 1. The number of unbranched alkanes of at least 4 members (excludes halogenated alkanes) is 1. The number of carbonyl (C=O) groups excluding carboxylic acids is 1. The Balaban J connectivity index is 2.16. The number of hydrogen-bond acceptors (Lipinski definition) is 5. The van der Waals surface area contributed by atoms with Crippen molar-refractivity contribution in [1.82, 2.24) is 9.99 Å². The molecule has 1 heterocycles. The van der Waals surface area contributed by atoms with Gasteiger partial charge in [0.25, 0.3) is 5.56 Å². The summed E-state index contributed by atoms with van der Waals surface area (Å²) in [6, 6.07) is 7.05. The van der Waals surface area contributed by atoms with Crippen LogP contribution in [-0.2, 0) is 11.3 Å². The van der Waals surface area contributed by atoms with Gasteiger partial charge in [0, 0.05) is 17.7 Å². The van der Waals surface area contributed by atoms with Crippen molar-refractivity contribution >= 4 is 27.3 Å². The molecule has 2 rings (SSSR count). The number of amides is 1. The van der Waals surface area contributed by atoms with E-state index in [0.717, 1.165) is 11.3 Å². The predicted molar refractivity (Wildman–Crippen MR) is 78.5 cm³/mol. The second kappa shape index (κ2) is 6.44. The first-order valence-electron chi connectivity index (χ1n) is 6.25. The minimum atomic E-state index is -0.271. The van der Waals surface area contributed by atoms with Gasteiger partial charge >= 0.3 is 4.87 Å². The highest BCUT2D eigenvalue weighted by Crippen LogP contribution is 2.11. The molecule has 2 aromatic rings. The van der Waals surface area contributed by atoms with Gasteiger partial charge in [-0.05, 0) is 25.0 Å². The van der Waals surface area contributed by atoms with E-state index in [9.17, 15) is 14.4 Å². The molecule has 0 bridgehead atoms. The first kappa shape index (κ1) is 14.4. The normalized spacial score (nSPS) is 10.7. The van der Waals surface area contributed by atoms with E-state index in [-0.39, 0.29) is 22.8 Å². The Morgan fingerprint density at radius 1 is 1.25 bits per heavy atom. The third-order valence-corrected chi connectivity index (χ3v) is 3.95. The molecule has 0 spiro atoms. The van der Waals surface area contributed by atoms with Crippen molar-refractivity contribution in [3.63, 3.8) is 0 Å². The molecule has 7 heteroatoms. The predicted octanol–water partition coefficient (Wildman–Crippen LogP) is 0.583. The zero-order valence-electron chi connectivity index (χ0n) is 10.8. The number of rotatable bonds is 5. The molecule has 0 atom stereocenters. The lowest BCUT2D eigenvalue weighted by molar-refractivity contribution is -0.121. The van der Waals surface area contributed by atoms with E-state index < -0.39 is 0 Å². The van der Waals surface area contributed by atoms with E-state index in [1.807, 2.05) is 5.43 Å². The van der Waals surface area contributed by atoms with Crippen LogP contribution in [0, 0.1) is 0 Å². The molecule has 0 unspecified atom stereocenters. The van der Waals surface area contributed by atoms with Crippen molar-refractivity contribution in [2.24, 2.45) is 5.84 Å². The highest BCUT2D eigenvalue weighted by molar-refractivity contribution is 7.16. The fourth-order valence-electron chi connectivity index (χ4n) is 1.93. The molecule has 20 heavy (non-hydrogen) atoms. The zero-order chi connectivity index (χ0) is 14.5. The lowest BCUT2D eigenvalue weighted by Gasteiger charge is -2.05. The van der Waals surface area contributed by atoms with Crippen molar-refractivity contribution in [2.45, 2.75) is 25.8 Å². The van der Waals surface area contributed by atoms with Crippen LogP contribution in [0.15, 0.2) is 33.9 Å². The summed E-state index contributed by atoms with van der Waals surface area (Å²) < 4.78 is 1.93. The summed E-state index contributed by atoms with van der Waals surface area (Å²) in [5, 5.41) is 0.553. The second-order valence-electron chi connectivity index (χ2n) is 4.35. The van der Waals surface area contributed by atoms with Crippen LogP contribution < -0.4 is 21.7 Å². The molecule has 0 aliphatic rings. The fourth-order valence-corrected chi connectivity index (χ4v) is 2.81. The van der Waals surface area contributed by atoms with Crippen molar-refractivity contribution in [1.29, 1.82) is 0 Å². The van der Waals surface area contributed by atoms with Crippen LogP contribution >= 0.6 is 11.3 Å². The zero-order valence-corrected chi connectivity index (χ0v) is 11.6. The minimum Gasteiger partial charge on any atom is -0.294 e. The number of fused-ring (bicyclic) bond motifs is 1. The number of aromatic nitrogens is 1. The Labute approximate surface area is 118 Å². The largest absolute Gasteiger partial charge is 0.310 e. The quantitative estimate of drug-likeness (QED) is 0.365. The van der Waals surface area contributed by atoms with E-state index in [0.29, 0.717) is 29.5 Å². The monoisotopic (exact) mass is 293 g/mol. The molecular formula is C13H15N3O3S. The minimum absolute atomic E-state index is 0.249. The Kier molecular flexibility index (Phi) is 4.65. The van der Waals surface area contributed by atoms with Gasteiger partial charge in [0.05, 0.1) is 5.39 Å². The van der Waals surface area contributed by atoms with E-state index in [1.165, 1.54) is 4.57 Å². The Morgan fingerprint density at radius 3 is 2.75 bits per heavy atom. The highest BCUT2D eigenvalue weighted by atomic mass is 32.1. The molecular weight excluding hydrogens is 278 g/mol. The van der Waals surface area contributed by atoms with Gasteiger partial charge in [-0.2, -0.15) is 0 Å². The lowest BCUT2D eigenvalue weighted by atomic mass is 10.2. The van der Waals surface area contributed by atoms with Crippen molar-refractivity contribution < 1.29 is 4.79 Å². The van der Waals surface area contributed by atoms with Crippen molar-refractivity contribution in [2.75, 3.05) is 0 Å². The molecule has 0 aliphatic carbocycles. The number of hydrogen-bond donors (Lipinski definition) is 2. The van der Waals surface area contributed by atoms with E-state index in [4.69, 9.17) is 5.84 Å². The molecule has 6 nitrogen and oxygen atoms in total. The molecule has 0 aliphatic heterocycles. The highest BCUT2D eigenvalue weighted by Gasteiger charge is 2.07. The van der Waals surface area contributed by atoms with Crippen LogP contribution in [0.5, 0.6) is 0 Å². The van der Waals surface area contributed by atoms with Crippen LogP contribution in [0.4, 0.5) is 0 Å². The molecule has 106 valence electrons. The average Bonchev–Trinajstić information content (AvgIpc) is 2.46. The summed E-state index contributed by atoms with van der Waals surface area (Å²) in [7, 11) is 0. The SMILES string of the molecule is NNC(=O)CCCCn1c(=O)sc2ccccc2c1=O. The van der Waals surface area contributed by atoms with Crippen LogP contribution in [-0.4, -0.2) is 10.5 Å². The Bertz CT molecular complexity index is 735. The van der Waals surface area contributed by atoms with Gasteiger partial charge < -0.3 is 0 Å². The number of benzene rings is 1. The maximum absolute atomic E-state index is 12.2. The van der Waals surface area contributed by atoms with Gasteiger partial charge in [-0.15, -0.1) is 0 Å². The van der Waals surface area contributed by atoms with Gasteiger partial charge in [0.1, 0.15) is 0 Å². The van der Waals surface area contributed by atoms with Gasteiger partial charge in [0.2, 0.25) is 5.91 Å². The summed E-state index contributed by atoms with van der Waals surface area (Å²) in [6.07, 6.45) is 1.44. The van der Waals surface area contributed by atoms with Crippen molar-refractivity contribution in [3.05, 3.63) is 44.3 Å². The maximum Gasteiger partial charge on any atom is 0.310 e. The fraction of sp³-hybridized carbons (Fsp3) is 0.308. The standard InChI is InChI=1S/C13H15N3O3S/c14-15-11(17)7-3-4-8-16-12(18)9-5-1-2-6-10(9)20-13(16)19/h1-2,5-6H,3-4,7-8,14H2,(H,15,17). The molecule has 0 saturated carbocycles. The lowest BCUT2D eigenvalue weighted by Crippen LogP contribution is -2.31. The van der Waals surface area contributed by atoms with Gasteiger partial charge in [-0.1, -0.05) is 23.5 Å². The first-order chi connectivity index (χ1) is 9.63. The molecule has 0 radical (unpaired) electrons. The van der Waals surface area contributed by atoms with E-state index in [2.05, 4.69) is 0 Å². The van der Waals surface area contributed by atoms with E-state index in [1.54, 1.807) is 24.3 Å². The molecule has 0 saturated heterocycles. The topological polar surface area (TPSA) is 94.2 Å². The van der Waals surface area contributed by atoms with Crippen LogP contribution in [0.2, 0.25) is 0 Å². The number of nitrogens with two attached hydrogens (primary N) is 1. The molecule has 3 N–H and O–H groups in total. The van der Waals surface area contributed by atoms with Crippen LogP contribution in [0.3, 0.4) is 0 Å². The molecule has 1 aromatic heterocycles. The summed E-state index contributed by atoms with van der Waals surface area (Å²) in [5.41, 5.74) is 1.77. The summed E-state index contributed by atoms with van der Waals surface area (Å²) in [4.78, 5) is 34.8. The first-order valence-corrected chi connectivity index (χ1v) is 7.07. The molecule has 1 amide bonds. The third kappa shape index (κ3) is 3.12. The smallest absolute Gasteiger partial charge is 0.294 e. The summed E-state index contributed by atoms with van der Waals surface area (Å²) >= 11 is 1.06. The van der Waals surface area contributed by atoms with Gasteiger partial charge in [-0.25, -0.2) is 5.84 Å².